The number of nitrogens with two attached hydrogens (primary N) is 3. The first-order valence-electron chi connectivity index (χ1n) is 44.1. The van der Waals surface area contributed by atoms with Crippen molar-refractivity contribution in [3.8, 4) is 5.75 Å². The standard InChI is InChI=1S/C88H122N20O24S/c1-8-10-23-66-81(124)96-57(22-16-32-89)77(120)103-65(76(119)94-43-70(91)110)45-133-46-71(111)95-61(34-48-26-28-52(132-7)29-27-48)84(127)104(4)47(3)75(118)100-63(39-74(116)117)87(130)107-33-17-25-67(107)82(125)102-64(40-90)80(123)97-58(30-31-72(112)113)86(129)108-44-51(109)37-69(108)83(126)99-59(35-49-41-92-55-20-14-12-18-53(49)55)78(121)98-60(38-73(114)115)79(122)101-62(36-50-42-93-56-21-15-13-19-54(50)56)85(128)106(6)68(24-11-9-2)88(131)105(66)5/h12-15,18-21,26-29,41-42,47,51,57-69,92-93,109H,8-11,16-17,22-25,30-40,43-46,89-90H2,1-7H3,(H2,91,110)(H,94,119)(H,95,111)(H,96,124)(H,97,123)(H,98,121)(H,99,126)(H,100,118)(H,101,122)(H,102,125)(H,103,120)(H,112,113)(H,114,115)(H,116,117)/t47-,51+,57-,58-,59-,60-,61-,62-,63-,64-,65-,66-,67?,68-,69-/m0/s1. The van der Waals surface area contributed by atoms with Crippen LogP contribution in [0, 0.1) is 0 Å². The number of hydrogen-bond donors (Lipinski definition) is 19. The van der Waals surface area contributed by atoms with Crippen LogP contribution in [0.2, 0.25) is 0 Å². The molecule has 2 aromatic heterocycles. The number of fused-ring (bicyclic) bond motifs is 4. The van der Waals surface area contributed by atoms with Gasteiger partial charge in [-0.3, -0.25) is 91.1 Å². The van der Waals surface area contributed by atoms with Crippen LogP contribution >= 0.6 is 11.8 Å². The number of benzene rings is 3. The number of likely N-dealkylation sites (N-methyl/N-ethyl adjacent to an activating group) is 3. The molecule has 3 aliphatic rings. The number of carbonyl (C=O) groups is 19. The summed E-state index contributed by atoms with van der Waals surface area (Å²) in [5.74, 6) is -21.8. The summed E-state index contributed by atoms with van der Waals surface area (Å²) < 4.78 is 5.32. The zero-order valence-electron chi connectivity index (χ0n) is 75.3. The topological polar surface area (TPSA) is 661 Å². The quantitative estimate of drug-likeness (QED) is 0.0245. The molecule has 22 N–H and O–H groups in total. The second kappa shape index (κ2) is 50.4. The Balaban J connectivity index is 1.20. The number of nitrogens with zero attached hydrogens (tertiary/aromatic N) is 5. The van der Waals surface area contributed by atoms with Crippen molar-refractivity contribution in [3.63, 3.8) is 0 Å². The minimum absolute atomic E-state index is 0.0199. The average molecular weight is 1880 g/mol. The number of ether oxygens (including phenoxy) is 1. The minimum Gasteiger partial charge on any atom is -0.497 e. The smallest absolute Gasteiger partial charge is 0.305 e. The number of hydrogen-bond acceptors (Lipinski definition) is 24. The van der Waals surface area contributed by atoms with Crippen LogP contribution < -0.4 is 75.1 Å². The third kappa shape index (κ3) is 29.3. The molecule has 0 bridgehead atoms. The van der Waals surface area contributed by atoms with Crippen molar-refractivity contribution in [2.24, 2.45) is 17.2 Å². The molecule has 0 radical (unpaired) electrons. The predicted octanol–water partition coefficient (Wildman–Crippen LogP) is -3.26. The Morgan fingerprint density at radius 2 is 1.02 bits per heavy atom. The van der Waals surface area contributed by atoms with Gasteiger partial charge in [-0.25, -0.2) is 0 Å². The number of nitrogens with one attached hydrogen (secondary N) is 12. The van der Waals surface area contributed by atoms with E-state index in [0.29, 0.717) is 69.9 Å². The molecule has 0 saturated carbocycles. The first kappa shape index (κ1) is 105. The van der Waals surface area contributed by atoms with E-state index in [1.54, 1.807) is 79.0 Å². The van der Waals surface area contributed by atoms with Gasteiger partial charge in [0.1, 0.15) is 90.3 Å². The fraction of sp³-hybridized carbons (Fsp3) is 0.534. The van der Waals surface area contributed by atoms with Crippen LogP contribution in [-0.2, 0) is 110 Å². The van der Waals surface area contributed by atoms with Crippen LogP contribution in [0.1, 0.15) is 134 Å². The lowest BCUT2D eigenvalue weighted by Gasteiger charge is -2.36. The Morgan fingerprint density at radius 1 is 0.511 bits per heavy atom. The predicted molar refractivity (Wildman–Crippen MR) is 482 cm³/mol. The Labute approximate surface area is 770 Å². The Bertz CT molecular complexity index is 5030. The molecule has 8 rings (SSSR count). The van der Waals surface area contributed by atoms with Crippen LogP contribution in [0.4, 0.5) is 0 Å². The van der Waals surface area contributed by atoms with Gasteiger partial charge in [-0.15, -0.1) is 11.8 Å². The molecule has 3 aliphatic heterocycles. The molecule has 1 unspecified atom stereocenters. The number of amides is 16. The summed E-state index contributed by atoms with van der Waals surface area (Å²) >= 11 is 0.763. The van der Waals surface area contributed by atoms with E-state index < -0.39 is 273 Å². The van der Waals surface area contributed by atoms with Gasteiger partial charge in [0.05, 0.1) is 38.4 Å². The van der Waals surface area contributed by atoms with Crippen molar-refractivity contribution in [2.75, 3.05) is 72.5 Å². The third-order valence-electron chi connectivity index (χ3n) is 23.6. The highest BCUT2D eigenvalue weighted by Gasteiger charge is 2.47. The number of thioether (sulfide) groups is 1. The molecule has 3 fully saturated rings. The lowest BCUT2D eigenvalue weighted by molar-refractivity contribution is -0.149. The molecule has 0 aliphatic carbocycles. The number of primary amides is 1. The van der Waals surface area contributed by atoms with Crippen molar-refractivity contribution >= 4 is 146 Å². The first-order valence-corrected chi connectivity index (χ1v) is 45.2. The average Bonchev–Trinajstić information content (AvgIpc) is 1.76. The van der Waals surface area contributed by atoms with E-state index >= 15 is 33.6 Å². The summed E-state index contributed by atoms with van der Waals surface area (Å²) in [6.07, 6.45) is -2.37. The maximum Gasteiger partial charge on any atom is 0.305 e. The second-order valence-electron chi connectivity index (χ2n) is 33.2. The van der Waals surface area contributed by atoms with Gasteiger partial charge in [0, 0.05) is 113 Å². The Morgan fingerprint density at radius 3 is 1.62 bits per heavy atom. The van der Waals surface area contributed by atoms with Crippen molar-refractivity contribution in [3.05, 3.63) is 102 Å². The van der Waals surface area contributed by atoms with E-state index in [0.717, 1.165) is 36.3 Å². The second-order valence-corrected chi connectivity index (χ2v) is 34.2. The van der Waals surface area contributed by atoms with E-state index in [-0.39, 0.29) is 64.5 Å². The van der Waals surface area contributed by atoms with Crippen LogP contribution in [-0.4, -0.2) is 330 Å². The highest BCUT2D eigenvalue weighted by molar-refractivity contribution is 8.00. The molecule has 0 spiro atoms. The summed E-state index contributed by atoms with van der Waals surface area (Å²) in [4.78, 5) is 284. The number of H-pyrrole nitrogens is 2. The number of carboxylic acids is 3. The highest BCUT2D eigenvalue weighted by atomic mass is 32.2. The Kier molecular flexibility index (Phi) is 39.8. The summed E-state index contributed by atoms with van der Waals surface area (Å²) in [6, 6.07) is -3.47. The normalized spacial score (nSPS) is 24.9. The molecular weight excluding hydrogens is 1750 g/mol. The Hall–Kier alpha value is -13.3. The summed E-state index contributed by atoms with van der Waals surface area (Å²) in [5.41, 5.74) is 19.9. The molecule has 133 heavy (non-hydrogen) atoms. The van der Waals surface area contributed by atoms with Crippen molar-refractivity contribution < 1.29 is 116 Å². The highest BCUT2D eigenvalue weighted by Crippen LogP contribution is 2.28. The number of unbranched alkanes of at least 4 members (excludes halogenated alkanes) is 2. The van der Waals surface area contributed by atoms with Crippen LogP contribution in [0.5, 0.6) is 5.75 Å². The van der Waals surface area contributed by atoms with Crippen LogP contribution in [0.3, 0.4) is 0 Å². The van der Waals surface area contributed by atoms with E-state index in [4.69, 9.17) is 21.9 Å². The largest absolute Gasteiger partial charge is 0.497 e. The zero-order chi connectivity index (χ0) is 97.6. The number of para-hydroxylation sites is 2. The van der Waals surface area contributed by atoms with E-state index in [1.807, 2.05) is 13.8 Å². The monoisotopic (exact) mass is 1870 g/mol. The fourth-order valence-corrected chi connectivity index (χ4v) is 17.0. The summed E-state index contributed by atoms with van der Waals surface area (Å²) in [6.45, 7) is 2.54. The maximum atomic E-state index is 15.7. The van der Waals surface area contributed by atoms with Crippen molar-refractivity contribution in [1.82, 2.24) is 87.6 Å². The number of methoxy groups -OCH3 is 1. The molecule has 44 nitrogen and oxygen atoms in total. The fourth-order valence-electron chi connectivity index (χ4n) is 16.1. The lowest BCUT2D eigenvalue weighted by atomic mass is 9.99. The van der Waals surface area contributed by atoms with Gasteiger partial charge in [0.25, 0.3) is 0 Å². The number of carbonyl (C=O) groups excluding carboxylic acids is 16. The number of aliphatic hydroxyl groups excluding tert-OH is 1. The van der Waals surface area contributed by atoms with Gasteiger partial charge in [-0.1, -0.05) is 88.1 Å². The SMILES string of the molecule is CCCC[C@H]1C(=O)N(C)[C@@H](CCCC)C(=O)N[C@@H](CCCN)C(=O)N[C@H](C(=O)NCC(N)=O)CSCC(=O)N[C@@H](Cc2ccc(OC)cc2)C(=O)N(C)[C@@H](C)C(=O)N[C@@H](CC(=O)O)C(=O)N2CCCC2C(=O)N[C@@H](CN)C(=O)N[C@@H](CCC(=O)O)C(=O)N2C[C@H](O)C[C@H]2C(=O)N[C@@H](Cc2c[nH]c3ccccc23)C(=O)N[C@@H](CC(=O)O)C(=O)N[C@@H](Cc2c[nH]c3ccccc23)C(=O)N1C. The van der Waals surface area contributed by atoms with Crippen molar-refractivity contribution in [1.29, 1.82) is 0 Å². The maximum absolute atomic E-state index is 15.7. The van der Waals surface area contributed by atoms with Gasteiger partial charge in [0.15, 0.2) is 0 Å². The minimum atomic E-state index is -2.09. The van der Waals surface area contributed by atoms with Crippen LogP contribution in [0.15, 0.2) is 85.2 Å². The number of aromatic amines is 2. The molecule has 5 aromatic rings. The molecule has 3 saturated heterocycles. The van der Waals surface area contributed by atoms with Gasteiger partial charge in [-0.2, -0.15) is 0 Å². The number of aliphatic carboxylic acids is 3. The number of carboxylic acid groups (broad SMARTS) is 3. The third-order valence-corrected chi connectivity index (χ3v) is 24.7. The van der Waals surface area contributed by atoms with E-state index in [2.05, 4.69) is 63.1 Å². The van der Waals surface area contributed by atoms with Crippen molar-refractivity contribution in [2.45, 2.75) is 227 Å². The summed E-state index contributed by atoms with van der Waals surface area (Å²) in [5, 5.41) is 68.4. The molecule has 15 atom stereocenters. The van der Waals surface area contributed by atoms with E-state index in [1.165, 1.54) is 41.4 Å². The van der Waals surface area contributed by atoms with Gasteiger partial charge in [0.2, 0.25) is 94.5 Å². The molecular formula is C88H122N20O24S. The number of rotatable bonds is 27. The van der Waals surface area contributed by atoms with Gasteiger partial charge >= 0.3 is 17.9 Å². The number of aromatic nitrogens is 2. The lowest BCUT2D eigenvalue weighted by Crippen LogP contribution is -2.61. The summed E-state index contributed by atoms with van der Waals surface area (Å²) in [7, 11) is 5.22. The number of aliphatic hydroxyl groups is 1. The zero-order valence-corrected chi connectivity index (χ0v) is 76.1. The molecule has 45 heteroatoms. The molecule has 16 amide bonds. The molecule has 3 aromatic carbocycles. The first-order chi connectivity index (χ1) is 63.3. The van der Waals surface area contributed by atoms with Gasteiger partial charge < -0.3 is 130 Å². The van der Waals surface area contributed by atoms with E-state index in [9.17, 15) is 78.0 Å². The molecule has 724 valence electrons. The van der Waals surface area contributed by atoms with Crippen LogP contribution in [0.25, 0.3) is 21.8 Å². The van der Waals surface area contributed by atoms with Gasteiger partial charge in [-0.05, 0) is 99.4 Å². The molecule has 5 heterocycles.